The molecule has 0 aliphatic carbocycles. The highest BCUT2D eigenvalue weighted by atomic mass is 16.5. The fourth-order valence-electron chi connectivity index (χ4n) is 2.71. The summed E-state index contributed by atoms with van der Waals surface area (Å²) in [6.45, 7) is 3.98. The number of nitrogens with zero attached hydrogens (tertiary/aromatic N) is 2. The Kier molecular flexibility index (Phi) is 6.20. The van der Waals surface area contributed by atoms with Gasteiger partial charge in [-0.3, -0.25) is 0 Å². The summed E-state index contributed by atoms with van der Waals surface area (Å²) in [5.41, 5.74) is 4.56. The third kappa shape index (κ3) is 4.12. The monoisotopic (exact) mass is 344 g/mol. The molecule has 0 amide bonds. The lowest BCUT2D eigenvalue weighted by Gasteiger charge is -2.09. The Morgan fingerprint density at radius 1 is 0.923 bits per heavy atom. The number of methoxy groups -OCH3 is 2. The van der Waals surface area contributed by atoms with Gasteiger partial charge in [-0.05, 0) is 42.7 Å². The summed E-state index contributed by atoms with van der Waals surface area (Å²) in [5, 5.41) is 18.7. The molecule has 0 saturated heterocycles. The van der Waals surface area contributed by atoms with Gasteiger partial charge in [-0.15, -0.1) is 0 Å². The summed E-state index contributed by atoms with van der Waals surface area (Å²) >= 11 is 0. The van der Waals surface area contributed by atoms with E-state index in [4.69, 9.17) is 9.47 Å². The van der Waals surface area contributed by atoms with Crippen LogP contribution in [0.3, 0.4) is 0 Å². The number of hydrogen-bond acceptors (Lipinski definition) is 4. The minimum absolute atomic E-state index is 0.0775. The summed E-state index contributed by atoms with van der Waals surface area (Å²) in [4.78, 5) is 0. The molecule has 0 spiro atoms. The topological polar surface area (TPSA) is 66.0 Å². The normalized spacial score (nSPS) is 10.1. The third-order valence-electron chi connectivity index (χ3n) is 4.02. The Balaban J connectivity index is 2.53. The van der Waals surface area contributed by atoms with Gasteiger partial charge in [-0.25, -0.2) is 0 Å². The quantitative estimate of drug-likeness (QED) is 0.575. The number of ether oxygens (including phenoxy) is 2. The van der Waals surface area contributed by atoms with Crippen molar-refractivity contribution in [3.63, 3.8) is 0 Å². The van der Waals surface area contributed by atoms with Crippen LogP contribution in [-0.4, -0.2) is 14.2 Å². The summed E-state index contributed by atoms with van der Waals surface area (Å²) in [7, 11) is 3.16. The first-order chi connectivity index (χ1) is 12.5. The molecule has 0 aliphatic heterocycles. The first kappa shape index (κ1) is 18.8. The van der Waals surface area contributed by atoms with Crippen molar-refractivity contribution in [3.8, 4) is 23.6 Å². The van der Waals surface area contributed by atoms with Crippen molar-refractivity contribution in [3.05, 3.63) is 70.3 Å². The number of allylic oxidation sites excluding steroid dienone is 3. The van der Waals surface area contributed by atoms with E-state index in [-0.39, 0.29) is 5.57 Å². The first-order valence-electron chi connectivity index (χ1n) is 8.06. The van der Waals surface area contributed by atoms with Gasteiger partial charge in [0.2, 0.25) is 0 Å². The maximum absolute atomic E-state index is 9.35. The second-order valence-corrected chi connectivity index (χ2v) is 5.78. The molecule has 2 rings (SSSR count). The average molecular weight is 344 g/mol. The van der Waals surface area contributed by atoms with Crippen LogP contribution in [0.25, 0.3) is 11.6 Å². The Bertz CT molecular complexity index is 941. The average Bonchev–Trinajstić information content (AvgIpc) is 2.65. The fraction of sp³-hybridized carbons (Fsp3) is 0.182. The van der Waals surface area contributed by atoms with E-state index in [9.17, 15) is 10.5 Å². The zero-order valence-electron chi connectivity index (χ0n) is 15.3. The first-order valence-corrected chi connectivity index (χ1v) is 8.06. The van der Waals surface area contributed by atoms with Crippen LogP contribution < -0.4 is 9.47 Å². The number of aryl methyl sites for hydroxylation is 2. The summed E-state index contributed by atoms with van der Waals surface area (Å²) < 4.78 is 10.6. The Morgan fingerprint density at radius 3 is 2.19 bits per heavy atom. The van der Waals surface area contributed by atoms with Crippen LogP contribution in [0.2, 0.25) is 0 Å². The molecule has 2 aromatic rings. The molecule has 4 nitrogen and oxygen atoms in total. The van der Waals surface area contributed by atoms with Crippen LogP contribution in [0.4, 0.5) is 0 Å². The van der Waals surface area contributed by atoms with Gasteiger partial charge < -0.3 is 9.47 Å². The smallest absolute Gasteiger partial charge is 0.161 e. The predicted octanol–water partition coefficient (Wildman–Crippen LogP) is 4.83. The van der Waals surface area contributed by atoms with Crippen molar-refractivity contribution in [2.24, 2.45) is 0 Å². The second-order valence-electron chi connectivity index (χ2n) is 5.78. The highest BCUT2D eigenvalue weighted by Gasteiger charge is 2.10. The van der Waals surface area contributed by atoms with Crippen LogP contribution in [0.1, 0.15) is 22.3 Å². The van der Waals surface area contributed by atoms with Crippen molar-refractivity contribution in [1.82, 2.24) is 0 Å². The van der Waals surface area contributed by atoms with Gasteiger partial charge in [0.15, 0.2) is 11.5 Å². The molecule has 0 atom stereocenters. The highest BCUT2D eigenvalue weighted by molar-refractivity contribution is 5.86. The number of rotatable bonds is 5. The SMILES string of the molecule is COc1ccc(/C=C/C(=C(C#N)C#N)c2ccc(C)cc2C)cc1OC. The maximum Gasteiger partial charge on any atom is 0.161 e. The highest BCUT2D eigenvalue weighted by Crippen LogP contribution is 2.29. The lowest BCUT2D eigenvalue weighted by Crippen LogP contribution is -1.92. The van der Waals surface area contributed by atoms with E-state index in [1.165, 1.54) is 0 Å². The summed E-state index contributed by atoms with van der Waals surface area (Å²) in [6.07, 6.45) is 3.64. The molecule has 2 aromatic carbocycles. The molecule has 26 heavy (non-hydrogen) atoms. The molecular formula is C22H20N2O2. The van der Waals surface area contributed by atoms with E-state index in [0.29, 0.717) is 17.1 Å². The molecule has 0 aliphatic rings. The van der Waals surface area contributed by atoms with Gasteiger partial charge in [0.1, 0.15) is 17.7 Å². The summed E-state index contributed by atoms with van der Waals surface area (Å²) in [6, 6.07) is 15.5. The van der Waals surface area contributed by atoms with Crippen molar-refractivity contribution in [2.45, 2.75) is 13.8 Å². The van der Waals surface area contributed by atoms with Crippen LogP contribution in [-0.2, 0) is 0 Å². The molecule has 0 heterocycles. The molecule has 4 heteroatoms. The number of nitriles is 2. The third-order valence-corrected chi connectivity index (χ3v) is 4.02. The van der Waals surface area contributed by atoms with E-state index < -0.39 is 0 Å². The molecule has 0 N–H and O–H groups in total. The van der Waals surface area contributed by atoms with Crippen LogP contribution in [0, 0.1) is 36.5 Å². The molecular weight excluding hydrogens is 324 g/mol. The molecule has 0 unspecified atom stereocenters. The van der Waals surface area contributed by atoms with Crippen LogP contribution >= 0.6 is 0 Å². The molecule has 0 saturated carbocycles. The van der Waals surface area contributed by atoms with Crippen LogP contribution in [0.15, 0.2) is 48.0 Å². The second kappa shape index (κ2) is 8.55. The minimum atomic E-state index is 0.0775. The van der Waals surface area contributed by atoms with Gasteiger partial charge in [-0.1, -0.05) is 42.0 Å². The van der Waals surface area contributed by atoms with Gasteiger partial charge in [0.05, 0.1) is 14.2 Å². The Morgan fingerprint density at radius 2 is 1.62 bits per heavy atom. The van der Waals surface area contributed by atoms with E-state index in [2.05, 4.69) is 0 Å². The van der Waals surface area contributed by atoms with Gasteiger partial charge in [0, 0.05) is 5.57 Å². The van der Waals surface area contributed by atoms with Crippen molar-refractivity contribution in [2.75, 3.05) is 14.2 Å². The zero-order chi connectivity index (χ0) is 19.1. The maximum atomic E-state index is 9.35. The Labute approximate surface area is 154 Å². The fourth-order valence-corrected chi connectivity index (χ4v) is 2.71. The van der Waals surface area contributed by atoms with E-state index in [1.54, 1.807) is 20.3 Å². The summed E-state index contributed by atoms with van der Waals surface area (Å²) in [5.74, 6) is 1.26. The predicted molar refractivity (Wildman–Crippen MR) is 103 cm³/mol. The van der Waals surface area contributed by atoms with Gasteiger partial charge >= 0.3 is 0 Å². The van der Waals surface area contributed by atoms with E-state index >= 15 is 0 Å². The largest absolute Gasteiger partial charge is 0.493 e. The van der Waals surface area contributed by atoms with E-state index in [0.717, 1.165) is 22.3 Å². The minimum Gasteiger partial charge on any atom is -0.493 e. The van der Waals surface area contributed by atoms with Crippen molar-refractivity contribution in [1.29, 1.82) is 10.5 Å². The molecule has 0 aromatic heterocycles. The number of hydrogen-bond donors (Lipinski definition) is 0. The Hall–Kier alpha value is -3.50. The standard InChI is InChI=1S/C22H20N2O2/c1-15-5-8-19(16(2)11-15)20(18(13-23)14-24)9-6-17-7-10-21(25-3)22(12-17)26-4/h5-12H,1-4H3/b9-6+. The molecule has 0 fully saturated rings. The van der Waals surface area contributed by atoms with E-state index in [1.807, 2.05) is 68.5 Å². The van der Waals surface area contributed by atoms with Gasteiger partial charge in [-0.2, -0.15) is 10.5 Å². The molecule has 130 valence electrons. The van der Waals surface area contributed by atoms with Gasteiger partial charge in [0.25, 0.3) is 0 Å². The van der Waals surface area contributed by atoms with Crippen LogP contribution in [0.5, 0.6) is 11.5 Å². The van der Waals surface area contributed by atoms with Crippen molar-refractivity contribution >= 4 is 11.6 Å². The van der Waals surface area contributed by atoms with Crippen molar-refractivity contribution < 1.29 is 9.47 Å². The lowest BCUT2D eigenvalue weighted by atomic mass is 9.94. The zero-order valence-corrected chi connectivity index (χ0v) is 15.3. The molecule has 0 radical (unpaired) electrons. The lowest BCUT2D eigenvalue weighted by molar-refractivity contribution is 0.355. The molecule has 0 bridgehead atoms. The number of benzene rings is 2.